The highest BCUT2D eigenvalue weighted by atomic mass is 16.5. The Hall–Kier alpha value is -4.10. The van der Waals surface area contributed by atoms with E-state index in [1.807, 2.05) is 42.5 Å². The number of carbonyl (C=O) groups excluding carboxylic acids is 1. The van der Waals surface area contributed by atoms with Crippen LogP contribution in [0.2, 0.25) is 0 Å². The lowest BCUT2D eigenvalue weighted by Crippen LogP contribution is -2.34. The summed E-state index contributed by atoms with van der Waals surface area (Å²) in [4.78, 5) is 24.8. The van der Waals surface area contributed by atoms with Gasteiger partial charge in [-0.3, -0.25) is 4.79 Å². The summed E-state index contributed by atoms with van der Waals surface area (Å²) >= 11 is 0. The summed E-state index contributed by atoms with van der Waals surface area (Å²) in [6, 6.07) is 22.7. The summed E-state index contributed by atoms with van der Waals surface area (Å²) in [5.74, 6) is 0.612. The lowest BCUT2D eigenvalue weighted by molar-refractivity contribution is -0.124. The van der Waals surface area contributed by atoms with Gasteiger partial charge in [-0.1, -0.05) is 54.6 Å². The summed E-state index contributed by atoms with van der Waals surface area (Å²) < 4.78 is 16.3. The third kappa shape index (κ3) is 5.05. The number of aliphatic hydroxyl groups excluding tert-OH is 1. The van der Waals surface area contributed by atoms with Crippen LogP contribution in [0.5, 0.6) is 11.5 Å². The van der Waals surface area contributed by atoms with E-state index in [1.54, 1.807) is 36.4 Å². The number of methoxy groups -OCH3 is 1. The molecule has 1 amide bonds. The summed E-state index contributed by atoms with van der Waals surface area (Å²) in [7, 11) is 1.52. The van der Waals surface area contributed by atoms with Crippen LogP contribution in [0.4, 0.5) is 0 Å². The van der Waals surface area contributed by atoms with E-state index >= 15 is 0 Å². The topological polar surface area (TPSA) is 98.0 Å². The van der Waals surface area contributed by atoms with E-state index in [-0.39, 0.29) is 19.1 Å². The summed E-state index contributed by atoms with van der Waals surface area (Å²) in [5, 5.41) is 13.1. The first kappa shape index (κ1) is 22.1. The SMILES string of the molecule is COc1cccc2cc(-c3ccc(OCC(=O)NC(CO)c4ccccc4)cc3)c(=O)oc12. The third-order valence-electron chi connectivity index (χ3n) is 5.20. The molecule has 0 bridgehead atoms. The first-order chi connectivity index (χ1) is 16.1. The minimum Gasteiger partial charge on any atom is -0.493 e. The normalized spacial score (nSPS) is 11.7. The summed E-state index contributed by atoms with van der Waals surface area (Å²) in [5.41, 5.74) is 1.81. The van der Waals surface area contributed by atoms with Crippen LogP contribution in [-0.2, 0) is 4.79 Å². The van der Waals surface area contributed by atoms with Crippen molar-refractivity contribution in [3.05, 3.63) is 94.8 Å². The molecule has 1 heterocycles. The lowest BCUT2D eigenvalue weighted by atomic mass is 10.1. The van der Waals surface area contributed by atoms with Gasteiger partial charge in [0.05, 0.1) is 25.3 Å². The Kier molecular flexibility index (Phi) is 6.71. The molecule has 0 aliphatic rings. The number of ether oxygens (including phenoxy) is 2. The van der Waals surface area contributed by atoms with E-state index < -0.39 is 11.7 Å². The Morgan fingerprint density at radius 1 is 1.03 bits per heavy atom. The predicted octanol–water partition coefficient (Wildman–Crippen LogP) is 3.70. The second kappa shape index (κ2) is 10.0. The molecular weight excluding hydrogens is 422 g/mol. The largest absolute Gasteiger partial charge is 0.493 e. The van der Waals surface area contributed by atoms with Crippen LogP contribution >= 0.6 is 0 Å². The molecule has 0 spiro atoms. The van der Waals surface area contributed by atoms with E-state index in [1.165, 1.54) is 7.11 Å². The average Bonchev–Trinajstić information content (AvgIpc) is 2.86. The number of rotatable bonds is 8. The first-order valence-corrected chi connectivity index (χ1v) is 10.4. The molecule has 1 aromatic heterocycles. The number of amides is 1. The van der Waals surface area contributed by atoms with Crippen molar-refractivity contribution in [2.45, 2.75) is 6.04 Å². The summed E-state index contributed by atoms with van der Waals surface area (Å²) in [6.45, 7) is -0.425. The number of aliphatic hydroxyl groups is 1. The lowest BCUT2D eigenvalue weighted by Gasteiger charge is -2.17. The van der Waals surface area contributed by atoms with E-state index in [4.69, 9.17) is 13.9 Å². The monoisotopic (exact) mass is 445 g/mol. The van der Waals surface area contributed by atoms with Crippen molar-refractivity contribution in [3.63, 3.8) is 0 Å². The Labute approximate surface area is 190 Å². The fraction of sp³-hybridized carbons (Fsp3) is 0.154. The highest BCUT2D eigenvalue weighted by Crippen LogP contribution is 2.28. The molecule has 7 heteroatoms. The van der Waals surface area contributed by atoms with E-state index in [0.29, 0.717) is 28.2 Å². The molecule has 0 saturated heterocycles. The van der Waals surface area contributed by atoms with Crippen molar-refractivity contribution in [1.29, 1.82) is 0 Å². The quantitative estimate of drug-likeness (QED) is 0.402. The number of nitrogens with one attached hydrogen (secondary N) is 1. The number of hydrogen-bond acceptors (Lipinski definition) is 6. The maximum Gasteiger partial charge on any atom is 0.344 e. The molecule has 168 valence electrons. The fourth-order valence-electron chi connectivity index (χ4n) is 3.52. The van der Waals surface area contributed by atoms with Crippen LogP contribution in [0.15, 0.2) is 88.1 Å². The second-order valence-electron chi connectivity index (χ2n) is 7.35. The van der Waals surface area contributed by atoms with Gasteiger partial charge in [0.25, 0.3) is 5.91 Å². The van der Waals surface area contributed by atoms with Crippen LogP contribution in [0.1, 0.15) is 11.6 Å². The molecular formula is C26H23NO6. The minimum absolute atomic E-state index is 0.208. The number of benzene rings is 3. The van der Waals surface area contributed by atoms with Gasteiger partial charge < -0.3 is 24.3 Å². The Bertz CT molecular complexity index is 1300. The fourth-order valence-corrected chi connectivity index (χ4v) is 3.52. The maximum atomic E-state index is 12.5. The van der Waals surface area contributed by atoms with Gasteiger partial charge in [0, 0.05) is 5.39 Å². The van der Waals surface area contributed by atoms with Crippen LogP contribution in [0, 0.1) is 0 Å². The molecule has 4 rings (SSSR count). The molecule has 3 aromatic carbocycles. The number of carbonyl (C=O) groups is 1. The standard InChI is InChI=1S/C26H23NO6/c1-31-23-9-5-8-19-14-21(26(30)33-25(19)23)17-10-12-20(13-11-17)32-16-24(29)27-22(15-28)18-6-3-2-4-7-18/h2-14,22,28H,15-16H2,1H3,(H,27,29). The van der Waals surface area contributed by atoms with Crippen LogP contribution in [0.3, 0.4) is 0 Å². The van der Waals surface area contributed by atoms with Crippen molar-refractivity contribution in [2.24, 2.45) is 0 Å². The predicted molar refractivity (Wildman–Crippen MR) is 124 cm³/mol. The first-order valence-electron chi connectivity index (χ1n) is 10.4. The van der Waals surface area contributed by atoms with E-state index in [0.717, 1.165) is 10.9 Å². The van der Waals surface area contributed by atoms with E-state index in [2.05, 4.69) is 5.32 Å². The van der Waals surface area contributed by atoms with Crippen LogP contribution < -0.4 is 20.4 Å². The van der Waals surface area contributed by atoms with Crippen LogP contribution in [0.25, 0.3) is 22.1 Å². The van der Waals surface area contributed by atoms with E-state index in [9.17, 15) is 14.7 Å². The molecule has 0 radical (unpaired) electrons. The third-order valence-corrected chi connectivity index (χ3v) is 5.20. The number of hydrogen-bond donors (Lipinski definition) is 2. The van der Waals surface area contributed by atoms with Crippen molar-refractivity contribution in [1.82, 2.24) is 5.32 Å². The molecule has 0 fully saturated rings. The van der Waals surface area contributed by atoms with Gasteiger partial charge in [0.2, 0.25) is 0 Å². The molecule has 0 aliphatic heterocycles. The summed E-state index contributed by atoms with van der Waals surface area (Å²) in [6.07, 6.45) is 0. The number of para-hydroxylation sites is 1. The van der Waals surface area contributed by atoms with Gasteiger partial charge in [-0.15, -0.1) is 0 Å². The Morgan fingerprint density at radius 3 is 2.48 bits per heavy atom. The highest BCUT2D eigenvalue weighted by molar-refractivity contribution is 5.86. The van der Waals surface area contributed by atoms with Gasteiger partial charge in [-0.25, -0.2) is 4.79 Å². The molecule has 0 aliphatic carbocycles. The van der Waals surface area contributed by atoms with Crippen molar-refractivity contribution < 1.29 is 23.8 Å². The zero-order valence-electron chi connectivity index (χ0n) is 18.0. The minimum atomic E-state index is -0.504. The highest BCUT2D eigenvalue weighted by Gasteiger charge is 2.14. The Balaban J connectivity index is 1.43. The molecule has 1 atom stereocenters. The van der Waals surface area contributed by atoms with Gasteiger partial charge in [-0.05, 0) is 35.4 Å². The number of fused-ring (bicyclic) bond motifs is 1. The molecule has 33 heavy (non-hydrogen) atoms. The average molecular weight is 445 g/mol. The van der Waals surface area contributed by atoms with Gasteiger partial charge in [0.15, 0.2) is 17.9 Å². The van der Waals surface area contributed by atoms with Crippen molar-refractivity contribution in [3.8, 4) is 22.6 Å². The van der Waals surface area contributed by atoms with Crippen LogP contribution in [-0.4, -0.2) is 31.3 Å². The molecule has 4 aromatic rings. The zero-order valence-corrected chi connectivity index (χ0v) is 18.0. The smallest absolute Gasteiger partial charge is 0.344 e. The zero-order chi connectivity index (χ0) is 23.2. The van der Waals surface area contributed by atoms with Gasteiger partial charge in [-0.2, -0.15) is 0 Å². The van der Waals surface area contributed by atoms with Crippen molar-refractivity contribution >= 4 is 16.9 Å². The Morgan fingerprint density at radius 2 is 1.79 bits per heavy atom. The second-order valence-corrected chi connectivity index (χ2v) is 7.35. The molecule has 1 unspecified atom stereocenters. The van der Waals surface area contributed by atoms with Crippen molar-refractivity contribution in [2.75, 3.05) is 20.3 Å². The molecule has 2 N–H and O–H groups in total. The maximum absolute atomic E-state index is 12.5. The van der Waals surface area contributed by atoms with Gasteiger partial charge >= 0.3 is 5.63 Å². The van der Waals surface area contributed by atoms with Gasteiger partial charge in [0.1, 0.15) is 5.75 Å². The molecule has 7 nitrogen and oxygen atoms in total. The molecule has 0 saturated carbocycles.